The summed E-state index contributed by atoms with van der Waals surface area (Å²) in [5, 5.41) is 0. The Morgan fingerprint density at radius 3 is 2.90 bits per heavy atom. The van der Waals surface area contributed by atoms with E-state index < -0.39 is 5.82 Å². The number of nitrogens with two attached hydrogens (primary N) is 1. The van der Waals surface area contributed by atoms with Crippen LogP contribution in [0.1, 0.15) is 44.0 Å². The van der Waals surface area contributed by atoms with E-state index in [0.717, 1.165) is 25.9 Å². The number of aromatic nitrogens is 2. The number of benzene rings is 1. The van der Waals surface area contributed by atoms with Gasteiger partial charge in [0.1, 0.15) is 17.9 Å². The first kappa shape index (κ1) is 22.0. The van der Waals surface area contributed by atoms with E-state index in [1.807, 2.05) is 20.8 Å². The summed E-state index contributed by atoms with van der Waals surface area (Å²) in [4.78, 5) is 25.4. The number of ether oxygens (including phenoxy) is 1. The molecule has 3 rings (SSSR count). The molecule has 1 saturated heterocycles. The highest BCUT2D eigenvalue weighted by atomic mass is 19.1. The van der Waals surface area contributed by atoms with Gasteiger partial charge in [-0.1, -0.05) is 0 Å². The molecule has 1 atom stereocenters. The Bertz CT molecular complexity index is 876. The van der Waals surface area contributed by atoms with Gasteiger partial charge in [0.05, 0.1) is 11.8 Å². The third-order valence-corrected chi connectivity index (χ3v) is 5.43. The summed E-state index contributed by atoms with van der Waals surface area (Å²) in [6.07, 6.45) is 5.16. The van der Waals surface area contributed by atoms with Crippen LogP contribution in [0.5, 0.6) is 11.5 Å². The van der Waals surface area contributed by atoms with Gasteiger partial charge in [0.25, 0.3) is 5.91 Å². The number of amides is 1. The van der Waals surface area contributed by atoms with Crippen LogP contribution in [-0.2, 0) is 0 Å². The monoisotopic (exact) mass is 415 g/mol. The van der Waals surface area contributed by atoms with E-state index in [9.17, 15) is 9.18 Å². The van der Waals surface area contributed by atoms with E-state index in [0.29, 0.717) is 30.6 Å². The summed E-state index contributed by atoms with van der Waals surface area (Å²) in [5.74, 6) is 1.00. The van der Waals surface area contributed by atoms with Crippen LogP contribution in [0.4, 0.5) is 10.2 Å². The topological polar surface area (TPSA) is 84.6 Å². The van der Waals surface area contributed by atoms with Crippen molar-refractivity contribution in [2.75, 3.05) is 31.1 Å². The van der Waals surface area contributed by atoms with Crippen molar-refractivity contribution in [3.63, 3.8) is 0 Å². The maximum atomic E-state index is 14.0. The maximum absolute atomic E-state index is 14.0. The molecule has 0 aliphatic carbocycles. The number of carbonyl (C=O) groups is 1. The lowest BCUT2D eigenvalue weighted by Gasteiger charge is -2.33. The van der Waals surface area contributed by atoms with Crippen molar-refractivity contribution in [1.82, 2.24) is 14.9 Å². The molecule has 1 fully saturated rings. The second-order valence-corrected chi connectivity index (χ2v) is 7.83. The van der Waals surface area contributed by atoms with Gasteiger partial charge < -0.3 is 20.3 Å². The van der Waals surface area contributed by atoms with Gasteiger partial charge in [-0.3, -0.25) is 4.79 Å². The standard InChI is InChI=1S/C22H30FN5O2/c1-4-28(15(2)3)22(29)18-10-17(23)7-8-19(18)30-20-12-25-14-26-21(20)27-9-5-6-16(11-24)13-27/h7-8,10,12,14-16H,4-6,9,11,13,24H2,1-3H3/t16-/m1/s1. The van der Waals surface area contributed by atoms with Crippen molar-refractivity contribution < 1.29 is 13.9 Å². The molecular formula is C22H30FN5O2. The van der Waals surface area contributed by atoms with Crippen molar-refractivity contribution in [2.45, 2.75) is 39.7 Å². The van der Waals surface area contributed by atoms with Gasteiger partial charge in [-0.2, -0.15) is 0 Å². The third kappa shape index (κ3) is 4.87. The average Bonchev–Trinajstić information content (AvgIpc) is 2.75. The Morgan fingerprint density at radius 2 is 2.20 bits per heavy atom. The zero-order chi connectivity index (χ0) is 21.7. The van der Waals surface area contributed by atoms with Crippen LogP contribution in [0, 0.1) is 11.7 Å². The van der Waals surface area contributed by atoms with Crippen molar-refractivity contribution in [3.8, 4) is 11.5 Å². The fraction of sp³-hybridized carbons (Fsp3) is 0.500. The molecule has 0 unspecified atom stereocenters. The smallest absolute Gasteiger partial charge is 0.257 e. The molecule has 2 N–H and O–H groups in total. The minimum Gasteiger partial charge on any atom is -0.451 e. The molecular weight excluding hydrogens is 385 g/mol. The number of hydrogen-bond acceptors (Lipinski definition) is 6. The van der Waals surface area contributed by atoms with E-state index >= 15 is 0 Å². The Kier molecular flexibility index (Phi) is 7.20. The molecule has 0 spiro atoms. The summed E-state index contributed by atoms with van der Waals surface area (Å²) in [7, 11) is 0. The number of halogens is 1. The van der Waals surface area contributed by atoms with Crippen LogP contribution in [0.3, 0.4) is 0 Å². The van der Waals surface area contributed by atoms with Crippen LogP contribution in [-0.4, -0.2) is 53.0 Å². The Hall–Kier alpha value is -2.74. The third-order valence-electron chi connectivity index (χ3n) is 5.43. The summed E-state index contributed by atoms with van der Waals surface area (Å²) in [6.45, 7) is 8.51. The zero-order valence-corrected chi connectivity index (χ0v) is 17.8. The number of hydrogen-bond donors (Lipinski definition) is 1. The average molecular weight is 416 g/mol. The molecule has 0 bridgehead atoms. The van der Waals surface area contributed by atoms with E-state index in [1.54, 1.807) is 11.1 Å². The summed E-state index contributed by atoms with van der Waals surface area (Å²) in [5.41, 5.74) is 6.05. The highest BCUT2D eigenvalue weighted by Gasteiger charge is 2.25. The second kappa shape index (κ2) is 9.84. The molecule has 1 aliphatic rings. The second-order valence-electron chi connectivity index (χ2n) is 7.83. The number of piperidine rings is 1. The zero-order valence-electron chi connectivity index (χ0n) is 17.8. The summed E-state index contributed by atoms with van der Waals surface area (Å²) in [6, 6.07) is 3.96. The molecule has 7 nitrogen and oxygen atoms in total. The van der Waals surface area contributed by atoms with Crippen LogP contribution in [0.25, 0.3) is 0 Å². The van der Waals surface area contributed by atoms with Crippen LogP contribution < -0.4 is 15.4 Å². The lowest BCUT2D eigenvalue weighted by Crippen LogP contribution is -2.39. The van der Waals surface area contributed by atoms with Gasteiger partial charge in [0.15, 0.2) is 11.6 Å². The maximum Gasteiger partial charge on any atom is 0.257 e. The van der Waals surface area contributed by atoms with Gasteiger partial charge in [0.2, 0.25) is 0 Å². The van der Waals surface area contributed by atoms with Gasteiger partial charge in [-0.05, 0) is 64.3 Å². The lowest BCUT2D eigenvalue weighted by molar-refractivity contribution is 0.0713. The number of carbonyl (C=O) groups excluding carboxylic acids is 1. The first-order valence-electron chi connectivity index (χ1n) is 10.5. The molecule has 1 amide bonds. The molecule has 1 aliphatic heterocycles. The van der Waals surface area contributed by atoms with Crippen molar-refractivity contribution in [1.29, 1.82) is 0 Å². The fourth-order valence-corrected chi connectivity index (χ4v) is 3.84. The predicted octanol–water partition coefficient (Wildman–Crippen LogP) is 3.45. The van der Waals surface area contributed by atoms with Crippen molar-refractivity contribution >= 4 is 11.7 Å². The van der Waals surface area contributed by atoms with Crippen molar-refractivity contribution in [2.24, 2.45) is 11.7 Å². The molecule has 2 heterocycles. The molecule has 1 aromatic carbocycles. The van der Waals surface area contributed by atoms with Gasteiger partial charge >= 0.3 is 0 Å². The van der Waals surface area contributed by atoms with Crippen molar-refractivity contribution in [3.05, 3.63) is 42.1 Å². The fourth-order valence-electron chi connectivity index (χ4n) is 3.84. The molecule has 2 aromatic rings. The molecule has 0 radical (unpaired) electrons. The van der Waals surface area contributed by atoms with Crippen LogP contribution in [0.2, 0.25) is 0 Å². The minimum absolute atomic E-state index is 0.0178. The summed E-state index contributed by atoms with van der Waals surface area (Å²) < 4.78 is 20.1. The molecule has 8 heteroatoms. The first-order valence-corrected chi connectivity index (χ1v) is 10.5. The lowest BCUT2D eigenvalue weighted by atomic mass is 9.98. The molecule has 0 saturated carbocycles. The Balaban J connectivity index is 1.93. The number of anilines is 1. The van der Waals surface area contributed by atoms with Gasteiger partial charge in [-0.25, -0.2) is 14.4 Å². The Morgan fingerprint density at radius 1 is 1.40 bits per heavy atom. The molecule has 1 aromatic heterocycles. The first-order chi connectivity index (χ1) is 14.4. The largest absolute Gasteiger partial charge is 0.451 e. The predicted molar refractivity (Wildman–Crippen MR) is 114 cm³/mol. The number of rotatable bonds is 7. The van der Waals surface area contributed by atoms with Crippen LogP contribution in [0.15, 0.2) is 30.7 Å². The molecule has 162 valence electrons. The van der Waals surface area contributed by atoms with Gasteiger partial charge in [0, 0.05) is 25.7 Å². The van der Waals surface area contributed by atoms with E-state index in [-0.39, 0.29) is 23.3 Å². The van der Waals surface area contributed by atoms with Gasteiger partial charge in [-0.15, -0.1) is 0 Å². The SMILES string of the molecule is CCN(C(=O)c1cc(F)ccc1Oc1cncnc1N1CCC[C@H](CN)C1)C(C)C. The summed E-state index contributed by atoms with van der Waals surface area (Å²) >= 11 is 0. The molecule has 30 heavy (non-hydrogen) atoms. The van der Waals surface area contributed by atoms with Crippen LogP contribution >= 0.6 is 0 Å². The normalized spacial score (nSPS) is 16.6. The minimum atomic E-state index is -0.489. The van der Waals surface area contributed by atoms with E-state index in [4.69, 9.17) is 10.5 Å². The quantitative estimate of drug-likeness (QED) is 0.746. The van der Waals surface area contributed by atoms with E-state index in [1.165, 1.54) is 24.5 Å². The number of nitrogens with zero attached hydrogens (tertiary/aromatic N) is 4. The highest BCUT2D eigenvalue weighted by molar-refractivity contribution is 5.97. The van der Waals surface area contributed by atoms with E-state index in [2.05, 4.69) is 14.9 Å². The highest BCUT2D eigenvalue weighted by Crippen LogP contribution is 2.34. The Labute approximate surface area is 177 Å².